The van der Waals surface area contributed by atoms with Crippen molar-refractivity contribution in [3.8, 4) is 0 Å². The lowest BCUT2D eigenvalue weighted by Crippen LogP contribution is -2.39. The number of aromatic nitrogens is 3. The Labute approximate surface area is 145 Å². The van der Waals surface area contributed by atoms with Crippen molar-refractivity contribution < 1.29 is 4.79 Å². The van der Waals surface area contributed by atoms with Gasteiger partial charge in [-0.25, -0.2) is 4.98 Å². The largest absolute Gasteiger partial charge is 0.351 e. The lowest BCUT2D eigenvalue weighted by molar-refractivity contribution is -0.114. The lowest BCUT2D eigenvalue weighted by atomic mass is 10.2. The average molecular weight is 346 g/mol. The number of rotatable bonds is 6. The van der Waals surface area contributed by atoms with Crippen molar-refractivity contribution in [2.24, 2.45) is 0 Å². The van der Waals surface area contributed by atoms with Crippen LogP contribution in [0.3, 0.4) is 0 Å². The van der Waals surface area contributed by atoms with Crippen LogP contribution in [0.25, 0.3) is 0 Å². The molecule has 2 aromatic heterocycles. The van der Waals surface area contributed by atoms with Gasteiger partial charge in [0.25, 0.3) is 0 Å². The maximum absolute atomic E-state index is 11.1. The Morgan fingerprint density at radius 3 is 3.17 bits per heavy atom. The summed E-state index contributed by atoms with van der Waals surface area (Å²) in [7, 11) is 2.10. The first-order valence-electron chi connectivity index (χ1n) is 8.06. The van der Waals surface area contributed by atoms with E-state index < -0.39 is 0 Å². The Balaban J connectivity index is 1.57. The van der Waals surface area contributed by atoms with Crippen molar-refractivity contribution in [2.75, 3.05) is 30.4 Å². The highest BCUT2D eigenvalue weighted by Gasteiger charge is 2.26. The second kappa shape index (κ2) is 7.67. The van der Waals surface area contributed by atoms with E-state index in [1.165, 1.54) is 24.7 Å². The van der Waals surface area contributed by atoms with E-state index in [4.69, 9.17) is 0 Å². The van der Waals surface area contributed by atoms with Crippen LogP contribution in [0.1, 0.15) is 25.5 Å². The Morgan fingerprint density at radius 1 is 1.54 bits per heavy atom. The molecular formula is C16H22N6OS. The van der Waals surface area contributed by atoms with Gasteiger partial charge in [0.2, 0.25) is 5.91 Å². The fraction of sp³-hybridized carbons (Fsp3) is 0.500. The number of thiazole rings is 1. The number of anilines is 2. The Kier molecular flexibility index (Phi) is 5.37. The SMILES string of the molecule is CC(=O)Nc1nc(CN(C)C[C@@H]2CCCN2c2cccnn2)cs1. The molecule has 1 N–H and O–H groups in total. The number of carbonyl (C=O) groups is 1. The highest BCUT2D eigenvalue weighted by Crippen LogP contribution is 2.24. The topological polar surface area (TPSA) is 74.2 Å². The van der Waals surface area contributed by atoms with Crippen LogP contribution in [-0.4, -0.2) is 52.2 Å². The van der Waals surface area contributed by atoms with Crippen molar-refractivity contribution in [3.63, 3.8) is 0 Å². The van der Waals surface area contributed by atoms with Crippen molar-refractivity contribution in [1.82, 2.24) is 20.1 Å². The van der Waals surface area contributed by atoms with Crippen LogP contribution in [0.4, 0.5) is 10.9 Å². The van der Waals surface area contributed by atoms with Gasteiger partial charge in [0.1, 0.15) is 0 Å². The zero-order valence-electron chi connectivity index (χ0n) is 14.0. The van der Waals surface area contributed by atoms with Gasteiger partial charge in [-0.1, -0.05) is 0 Å². The standard InChI is InChI=1S/C16H22N6OS/c1-12(23)18-16-19-13(11-24-16)9-21(2)10-14-5-4-8-22(14)15-6-3-7-17-20-15/h3,6-7,11,14H,4-5,8-10H2,1-2H3,(H,18,19,23)/t14-/m0/s1. The summed E-state index contributed by atoms with van der Waals surface area (Å²) < 4.78 is 0. The molecule has 0 saturated carbocycles. The number of amides is 1. The predicted octanol–water partition coefficient (Wildman–Crippen LogP) is 1.99. The van der Waals surface area contributed by atoms with E-state index >= 15 is 0 Å². The quantitative estimate of drug-likeness (QED) is 0.862. The van der Waals surface area contributed by atoms with Gasteiger partial charge >= 0.3 is 0 Å². The average Bonchev–Trinajstić information content (AvgIpc) is 3.17. The van der Waals surface area contributed by atoms with Crippen LogP contribution < -0.4 is 10.2 Å². The van der Waals surface area contributed by atoms with E-state index in [0.717, 1.165) is 37.6 Å². The van der Waals surface area contributed by atoms with Crippen LogP contribution in [0.15, 0.2) is 23.7 Å². The van der Waals surface area contributed by atoms with Gasteiger partial charge < -0.3 is 10.2 Å². The smallest absolute Gasteiger partial charge is 0.223 e. The van der Waals surface area contributed by atoms with Crippen LogP contribution in [0, 0.1) is 0 Å². The van der Waals surface area contributed by atoms with Gasteiger partial charge in [0.15, 0.2) is 10.9 Å². The number of likely N-dealkylation sites (N-methyl/N-ethyl adjacent to an activating group) is 1. The van der Waals surface area contributed by atoms with Gasteiger partial charge in [-0.05, 0) is 32.0 Å². The molecule has 1 amide bonds. The first-order chi connectivity index (χ1) is 11.6. The van der Waals surface area contributed by atoms with E-state index in [1.54, 1.807) is 6.20 Å². The summed E-state index contributed by atoms with van der Waals surface area (Å²) in [6.45, 7) is 4.24. The molecule has 8 heteroatoms. The molecule has 0 spiro atoms. The molecule has 128 valence electrons. The molecule has 2 aromatic rings. The molecule has 0 aliphatic carbocycles. The van der Waals surface area contributed by atoms with Crippen molar-refractivity contribution in [2.45, 2.75) is 32.4 Å². The maximum Gasteiger partial charge on any atom is 0.223 e. The van der Waals surface area contributed by atoms with Crippen molar-refractivity contribution in [3.05, 3.63) is 29.4 Å². The second-order valence-electron chi connectivity index (χ2n) is 6.09. The van der Waals surface area contributed by atoms with Gasteiger partial charge in [-0.3, -0.25) is 9.69 Å². The van der Waals surface area contributed by atoms with E-state index in [2.05, 4.69) is 37.3 Å². The Morgan fingerprint density at radius 2 is 2.42 bits per heavy atom. The molecule has 0 radical (unpaired) electrons. The first kappa shape index (κ1) is 16.8. The number of nitrogens with one attached hydrogen (secondary N) is 1. The van der Waals surface area contributed by atoms with Crippen LogP contribution >= 0.6 is 11.3 Å². The summed E-state index contributed by atoms with van der Waals surface area (Å²) in [6, 6.07) is 4.39. The third-order valence-corrected chi connectivity index (χ3v) is 4.83. The molecule has 3 rings (SSSR count). The maximum atomic E-state index is 11.1. The third-order valence-electron chi connectivity index (χ3n) is 4.02. The fourth-order valence-electron chi connectivity index (χ4n) is 3.06. The van der Waals surface area contributed by atoms with Crippen LogP contribution in [-0.2, 0) is 11.3 Å². The van der Waals surface area contributed by atoms with Gasteiger partial charge in [-0.2, -0.15) is 5.10 Å². The summed E-state index contributed by atoms with van der Waals surface area (Å²) >= 11 is 1.46. The van der Waals surface area contributed by atoms with Gasteiger partial charge in [0, 0.05) is 44.2 Å². The normalized spacial score (nSPS) is 17.5. The van der Waals surface area contributed by atoms with E-state index in [1.807, 2.05) is 17.5 Å². The minimum atomic E-state index is -0.0881. The zero-order chi connectivity index (χ0) is 16.9. The molecule has 1 atom stereocenters. The van der Waals surface area contributed by atoms with E-state index in [0.29, 0.717) is 11.2 Å². The highest BCUT2D eigenvalue weighted by molar-refractivity contribution is 7.13. The fourth-order valence-corrected chi connectivity index (χ4v) is 3.81. The Hall–Kier alpha value is -2.06. The Bertz CT molecular complexity index is 676. The number of carbonyl (C=O) groups excluding carboxylic acids is 1. The highest BCUT2D eigenvalue weighted by atomic mass is 32.1. The van der Waals surface area contributed by atoms with E-state index in [-0.39, 0.29) is 5.91 Å². The lowest BCUT2D eigenvalue weighted by Gasteiger charge is -2.28. The van der Waals surface area contributed by atoms with E-state index in [9.17, 15) is 4.79 Å². The summed E-state index contributed by atoms with van der Waals surface area (Å²) in [4.78, 5) is 20.1. The summed E-state index contributed by atoms with van der Waals surface area (Å²) in [6.07, 6.45) is 4.04. The number of hydrogen-bond donors (Lipinski definition) is 1. The molecular weight excluding hydrogens is 324 g/mol. The van der Waals surface area contributed by atoms with Crippen LogP contribution in [0.2, 0.25) is 0 Å². The zero-order valence-corrected chi connectivity index (χ0v) is 14.8. The molecule has 0 aromatic carbocycles. The monoisotopic (exact) mass is 346 g/mol. The van der Waals surface area contributed by atoms with Crippen LogP contribution in [0.5, 0.6) is 0 Å². The molecule has 1 saturated heterocycles. The second-order valence-corrected chi connectivity index (χ2v) is 6.95. The predicted molar refractivity (Wildman–Crippen MR) is 95.2 cm³/mol. The minimum Gasteiger partial charge on any atom is -0.351 e. The molecule has 0 unspecified atom stereocenters. The van der Waals surface area contributed by atoms with Crippen molar-refractivity contribution >= 4 is 28.2 Å². The molecule has 3 heterocycles. The van der Waals surface area contributed by atoms with Gasteiger partial charge in [0.05, 0.1) is 5.69 Å². The van der Waals surface area contributed by atoms with Gasteiger partial charge in [-0.15, -0.1) is 16.4 Å². The number of hydrogen-bond acceptors (Lipinski definition) is 7. The number of nitrogens with zero attached hydrogens (tertiary/aromatic N) is 5. The minimum absolute atomic E-state index is 0.0881. The van der Waals surface area contributed by atoms with Crippen molar-refractivity contribution in [1.29, 1.82) is 0 Å². The molecule has 24 heavy (non-hydrogen) atoms. The molecule has 7 nitrogen and oxygen atoms in total. The summed E-state index contributed by atoms with van der Waals surface area (Å²) in [5.74, 6) is 0.866. The molecule has 1 fully saturated rings. The molecule has 1 aliphatic heterocycles. The molecule has 1 aliphatic rings. The third kappa shape index (κ3) is 4.27. The first-order valence-corrected chi connectivity index (χ1v) is 8.94. The molecule has 0 bridgehead atoms. The summed E-state index contributed by atoms with van der Waals surface area (Å²) in [5.41, 5.74) is 0.982. The summed E-state index contributed by atoms with van der Waals surface area (Å²) in [5, 5.41) is 13.6.